The van der Waals surface area contributed by atoms with Crippen LogP contribution in [0.2, 0.25) is 0 Å². The fourth-order valence-corrected chi connectivity index (χ4v) is 2.63. The number of ether oxygens (including phenoxy) is 1. The Kier molecular flexibility index (Phi) is 3.21. The molecule has 19 heavy (non-hydrogen) atoms. The molecule has 1 saturated heterocycles. The number of pyridine rings is 1. The number of methoxy groups -OCH3 is 1. The second-order valence-corrected chi connectivity index (χ2v) is 4.84. The van der Waals surface area contributed by atoms with Gasteiger partial charge in [-0.1, -0.05) is 0 Å². The molecule has 2 aromatic heterocycles. The summed E-state index contributed by atoms with van der Waals surface area (Å²) in [6.07, 6.45) is 5.85. The van der Waals surface area contributed by atoms with Crippen LogP contribution in [0.15, 0.2) is 24.5 Å². The van der Waals surface area contributed by atoms with E-state index in [-0.39, 0.29) is 5.97 Å². The molecule has 0 spiro atoms. The van der Waals surface area contributed by atoms with Gasteiger partial charge in [0.25, 0.3) is 0 Å². The first-order chi connectivity index (χ1) is 9.29. The minimum atomic E-state index is -0.313. The summed E-state index contributed by atoms with van der Waals surface area (Å²) in [4.78, 5) is 16.1. The molecule has 0 unspecified atom stereocenters. The maximum Gasteiger partial charge on any atom is 0.339 e. The van der Waals surface area contributed by atoms with E-state index in [1.807, 2.05) is 22.9 Å². The number of hydrogen-bond donors (Lipinski definition) is 1. The van der Waals surface area contributed by atoms with E-state index in [0.29, 0.717) is 11.5 Å². The number of aromatic nitrogens is 2. The number of fused-ring (bicyclic) bond motifs is 1. The number of piperidine rings is 1. The summed E-state index contributed by atoms with van der Waals surface area (Å²) in [5.74, 6) is 1.19. The Hall–Kier alpha value is -1.88. The van der Waals surface area contributed by atoms with Crippen molar-refractivity contribution in [2.75, 3.05) is 20.2 Å². The molecule has 0 aromatic carbocycles. The van der Waals surface area contributed by atoms with E-state index in [9.17, 15) is 4.79 Å². The molecule has 0 radical (unpaired) electrons. The zero-order chi connectivity index (χ0) is 13.2. The fourth-order valence-electron chi connectivity index (χ4n) is 2.63. The van der Waals surface area contributed by atoms with Gasteiger partial charge in [-0.2, -0.15) is 0 Å². The Morgan fingerprint density at radius 3 is 2.95 bits per heavy atom. The molecule has 2 aromatic rings. The molecular formula is C14H17N3O2. The third-order valence-corrected chi connectivity index (χ3v) is 3.68. The van der Waals surface area contributed by atoms with Crippen molar-refractivity contribution in [1.29, 1.82) is 0 Å². The molecule has 5 nitrogen and oxygen atoms in total. The topological polar surface area (TPSA) is 55.6 Å². The highest BCUT2D eigenvalue weighted by molar-refractivity contribution is 5.89. The van der Waals surface area contributed by atoms with Crippen LogP contribution in [0.5, 0.6) is 0 Å². The molecule has 0 bridgehead atoms. The molecule has 100 valence electrons. The van der Waals surface area contributed by atoms with Crippen molar-refractivity contribution in [3.8, 4) is 0 Å². The van der Waals surface area contributed by atoms with Gasteiger partial charge in [0.2, 0.25) is 0 Å². The molecule has 3 heterocycles. The second kappa shape index (κ2) is 5.01. The molecule has 1 aliphatic heterocycles. The largest absolute Gasteiger partial charge is 0.465 e. The Morgan fingerprint density at radius 1 is 1.42 bits per heavy atom. The smallest absolute Gasteiger partial charge is 0.339 e. The minimum Gasteiger partial charge on any atom is -0.465 e. The third-order valence-electron chi connectivity index (χ3n) is 3.68. The highest BCUT2D eigenvalue weighted by Crippen LogP contribution is 2.25. The van der Waals surface area contributed by atoms with Gasteiger partial charge in [-0.3, -0.25) is 0 Å². The van der Waals surface area contributed by atoms with Gasteiger partial charge in [-0.05, 0) is 38.1 Å². The second-order valence-electron chi connectivity index (χ2n) is 4.84. The lowest BCUT2D eigenvalue weighted by atomic mass is 9.97. The molecule has 1 aliphatic rings. The number of rotatable bonds is 2. The third kappa shape index (κ3) is 2.21. The predicted molar refractivity (Wildman–Crippen MR) is 71.4 cm³/mol. The van der Waals surface area contributed by atoms with E-state index in [2.05, 4.69) is 10.3 Å². The molecule has 0 amide bonds. The SMILES string of the molecule is COC(=O)c1ccc2cnc(C3CCNCC3)n2c1. The number of imidazole rings is 1. The summed E-state index contributed by atoms with van der Waals surface area (Å²) >= 11 is 0. The quantitative estimate of drug-likeness (QED) is 0.832. The van der Waals surface area contributed by atoms with Crippen LogP contribution in [0.25, 0.3) is 5.52 Å². The van der Waals surface area contributed by atoms with Crippen molar-refractivity contribution >= 4 is 11.5 Å². The summed E-state index contributed by atoms with van der Waals surface area (Å²) < 4.78 is 6.78. The highest BCUT2D eigenvalue weighted by atomic mass is 16.5. The molecular weight excluding hydrogens is 242 g/mol. The zero-order valence-electron chi connectivity index (χ0n) is 10.9. The fraction of sp³-hybridized carbons (Fsp3) is 0.429. The Labute approximate surface area is 111 Å². The zero-order valence-corrected chi connectivity index (χ0v) is 10.9. The van der Waals surface area contributed by atoms with Gasteiger partial charge in [0.05, 0.1) is 24.4 Å². The van der Waals surface area contributed by atoms with E-state index in [0.717, 1.165) is 37.3 Å². The first-order valence-corrected chi connectivity index (χ1v) is 6.55. The van der Waals surface area contributed by atoms with Gasteiger partial charge in [0.15, 0.2) is 0 Å². The van der Waals surface area contributed by atoms with Gasteiger partial charge in [0, 0.05) is 12.1 Å². The molecule has 1 N–H and O–H groups in total. The Balaban J connectivity index is 2.02. The molecule has 1 fully saturated rings. The van der Waals surface area contributed by atoms with Crippen molar-refractivity contribution in [2.24, 2.45) is 0 Å². The lowest BCUT2D eigenvalue weighted by Gasteiger charge is -2.21. The van der Waals surface area contributed by atoms with E-state index in [1.54, 1.807) is 6.07 Å². The number of nitrogens with one attached hydrogen (secondary N) is 1. The lowest BCUT2D eigenvalue weighted by Crippen LogP contribution is -2.27. The number of esters is 1. The van der Waals surface area contributed by atoms with Crippen molar-refractivity contribution in [2.45, 2.75) is 18.8 Å². The summed E-state index contributed by atoms with van der Waals surface area (Å²) in [5.41, 5.74) is 1.57. The first kappa shape index (κ1) is 12.2. The monoisotopic (exact) mass is 259 g/mol. The maximum absolute atomic E-state index is 11.6. The molecule has 0 saturated carbocycles. The van der Waals surface area contributed by atoms with Crippen LogP contribution in [-0.4, -0.2) is 35.6 Å². The van der Waals surface area contributed by atoms with Crippen molar-refractivity contribution in [3.63, 3.8) is 0 Å². The van der Waals surface area contributed by atoms with Crippen LogP contribution >= 0.6 is 0 Å². The Bertz CT molecular complexity index is 600. The average Bonchev–Trinajstić information content (AvgIpc) is 2.90. The maximum atomic E-state index is 11.6. The number of hydrogen-bond acceptors (Lipinski definition) is 4. The van der Waals surface area contributed by atoms with E-state index >= 15 is 0 Å². The average molecular weight is 259 g/mol. The lowest BCUT2D eigenvalue weighted by molar-refractivity contribution is 0.0600. The van der Waals surface area contributed by atoms with Gasteiger partial charge in [0.1, 0.15) is 5.82 Å². The van der Waals surface area contributed by atoms with Crippen LogP contribution in [0.4, 0.5) is 0 Å². The summed E-state index contributed by atoms with van der Waals surface area (Å²) in [5, 5.41) is 3.35. The highest BCUT2D eigenvalue weighted by Gasteiger charge is 2.20. The molecule has 5 heteroatoms. The van der Waals surface area contributed by atoms with Crippen LogP contribution in [0, 0.1) is 0 Å². The van der Waals surface area contributed by atoms with E-state index in [1.165, 1.54) is 7.11 Å². The van der Waals surface area contributed by atoms with Crippen LogP contribution in [-0.2, 0) is 4.74 Å². The predicted octanol–water partition coefficient (Wildman–Crippen LogP) is 1.59. The van der Waals surface area contributed by atoms with Gasteiger partial charge in [-0.15, -0.1) is 0 Å². The van der Waals surface area contributed by atoms with Gasteiger partial charge < -0.3 is 14.5 Å². The van der Waals surface area contributed by atoms with Crippen molar-refractivity contribution in [3.05, 3.63) is 35.9 Å². The summed E-state index contributed by atoms with van der Waals surface area (Å²) in [6.45, 7) is 2.05. The van der Waals surface area contributed by atoms with Crippen LogP contribution in [0.1, 0.15) is 34.9 Å². The molecule has 0 aliphatic carbocycles. The minimum absolute atomic E-state index is 0.313. The summed E-state index contributed by atoms with van der Waals surface area (Å²) in [7, 11) is 1.40. The first-order valence-electron chi connectivity index (χ1n) is 6.55. The number of carbonyl (C=O) groups excluding carboxylic acids is 1. The van der Waals surface area contributed by atoms with Gasteiger partial charge >= 0.3 is 5.97 Å². The summed E-state index contributed by atoms with van der Waals surface area (Å²) in [6, 6.07) is 3.68. The van der Waals surface area contributed by atoms with E-state index in [4.69, 9.17) is 4.74 Å². The molecule has 3 rings (SSSR count). The van der Waals surface area contributed by atoms with Crippen LogP contribution in [0.3, 0.4) is 0 Å². The van der Waals surface area contributed by atoms with Crippen molar-refractivity contribution < 1.29 is 9.53 Å². The van der Waals surface area contributed by atoms with Crippen LogP contribution < -0.4 is 5.32 Å². The normalized spacial score (nSPS) is 16.7. The Morgan fingerprint density at radius 2 is 2.21 bits per heavy atom. The number of nitrogens with zero attached hydrogens (tertiary/aromatic N) is 2. The van der Waals surface area contributed by atoms with Crippen molar-refractivity contribution in [1.82, 2.24) is 14.7 Å². The standard InChI is InChI=1S/C14H17N3O2/c1-19-14(18)11-2-3-12-8-16-13(17(12)9-11)10-4-6-15-7-5-10/h2-3,8-10,15H,4-7H2,1H3. The molecule has 0 atom stereocenters. The van der Waals surface area contributed by atoms with Gasteiger partial charge in [-0.25, -0.2) is 9.78 Å². The van der Waals surface area contributed by atoms with E-state index < -0.39 is 0 Å². The number of carbonyl (C=O) groups is 1.